The summed E-state index contributed by atoms with van der Waals surface area (Å²) in [7, 11) is 0. The first-order chi connectivity index (χ1) is 7.68. The minimum absolute atomic E-state index is 0.227. The van der Waals surface area contributed by atoms with E-state index in [-0.39, 0.29) is 5.91 Å². The molecule has 1 rings (SSSR count). The normalized spacial score (nSPS) is 10.3. The Balaban J connectivity index is 2.09. The molecule has 0 aliphatic carbocycles. The monoisotopic (exact) mass is 240 g/mol. The maximum absolute atomic E-state index is 10.5. The number of nitrogens with two attached hydrogens (primary N) is 1. The van der Waals surface area contributed by atoms with Gasteiger partial charge in [0.05, 0.1) is 0 Å². The van der Waals surface area contributed by atoms with Crippen LogP contribution in [-0.4, -0.2) is 12.5 Å². The van der Waals surface area contributed by atoms with E-state index >= 15 is 0 Å². The number of unbranched alkanes of at least 4 members (excludes halogenated alkanes) is 1. The van der Waals surface area contributed by atoms with Crippen molar-refractivity contribution in [2.24, 2.45) is 5.73 Å². The van der Waals surface area contributed by atoms with Gasteiger partial charge < -0.3 is 11.1 Å². The van der Waals surface area contributed by atoms with E-state index < -0.39 is 0 Å². The predicted octanol–water partition coefficient (Wildman–Crippen LogP) is 2.09. The van der Waals surface area contributed by atoms with Gasteiger partial charge in [0.25, 0.3) is 0 Å². The number of amides is 1. The highest BCUT2D eigenvalue weighted by atomic mass is 35.5. The molecule has 0 fully saturated rings. The highest BCUT2D eigenvalue weighted by molar-refractivity contribution is 6.30. The van der Waals surface area contributed by atoms with Crippen LogP contribution < -0.4 is 11.1 Å². The first-order valence-corrected chi connectivity index (χ1v) is 5.80. The molecule has 1 amide bonds. The third kappa shape index (κ3) is 5.73. The molecule has 1 aromatic carbocycles. The molecule has 0 aliphatic rings. The number of carbonyl (C=O) groups is 1. The van der Waals surface area contributed by atoms with Gasteiger partial charge in [-0.3, -0.25) is 4.79 Å². The molecule has 3 nitrogen and oxygen atoms in total. The number of primary amides is 1. The van der Waals surface area contributed by atoms with Crippen LogP contribution in [0.2, 0.25) is 5.02 Å². The van der Waals surface area contributed by atoms with Gasteiger partial charge in [-0.1, -0.05) is 23.7 Å². The molecular formula is C12H17ClN2O. The summed E-state index contributed by atoms with van der Waals surface area (Å²) in [5.74, 6) is -0.227. The predicted molar refractivity (Wildman–Crippen MR) is 66.2 cm³/mol. The molecule has 0 radical (unpaired) electrons. The topological polar surface area (TPSA) is 55.1 Å². The fraction of sp³-hybridized carbons (Fsp3) is 0.417. The number of halogens is 1. The van der Waals surface area contributed by atoms with Crippen LogP contribution in [0.4, 0.5) is 0 Å². The van der Waals surface area contributed by atoms with E-state index in [2.05, 4.69) is 5.32 Å². The minimum atomic E-state index is -0.227. The van der Waals surface area contributed by atoms with Crippen molar-refractivity contribution in [3.8, 4) is 0 Å². The van der Waals surface area contributed by atoms with E-state index in [0.717, 1.165) is 31.0 Å². The van der Waals surface area contributed by atoms with Gasteiger partial charge in [-0.15, -0.1) is 0 Å². The van der Waals surface area contributed by atoms with Crippen LogP contribution >= 0.6 is 11.6 Å². The first kappa shape index (κ1) is 13.0. The second-order valence-electron chi connectivity index (χ2n) is 3.73. The summed E-state index contributed by atoms with van der Waals surface area (Å²) in [5.41, 5.74) is 6.21. The van der Waals surface area contributed by atoms with Crippen LogP contribution in [0.5, 0.6) is 0 Å². The van der Waals surface area contributed by atoms with Crippen molar-refractivity contribution in [1.29, 1.82) is 0 Å². The van der Waals surface area contributed by atoms with E-state index in [0.29, 0.717) is 6.42 Å². The van der Waals surface area contributed by atoms with Crippen molar-refractivity contribution < 1.29 is 4.79 Å². The maximum atomic E-state index is 10.5. The lowest BCUT2D eigenvalue weighted by atomic mass is 10.2. The van der Waals surface area contributed by atoms with Gasteiger partial charge in [0, 0.05) is 18.0 Å². The van der Waals surface area contributed by atoms with Crippen molar-refractivity contribution >= 4 is 17.5 Å². The standard InChI is InChI=1S/C12H17ClN2O/c13-11-5-3-4-10(8-11)9-15-7-2-1-6-12(14)16/h3-5,8,15H,1-2,6-7,9H2,(H2,14,16). The fourth-order valence-electron chi connectivity index (χ4n) is 1.43. The molecule has 0 aromatic heterocycles. The first-order valence-electron chi connectivity index (χ1n) is 5.42. The van der Waals surface area contributed by atoms with Crippen molar-refractivity contribution in [2.45, 2.75) is 25.8 Å². The highest BCUT2D eigenvalue weighted by Gasteiger charge is 1.95. The van der Waals surface area contributed by atoms with Gasteiger partial charge in [-0.05, 0) is 37.1 Å². The Morgan fingerprint density at radius 1 is 1.38 bits per heavy atom. The maximum Gasteiger partial charge on any atom is 0.217 e. The number of nitrogens with one attached hydrogen (secondary N) is 1. The summed E-state index contributed by atoms with van der Waals surface area (Å²) < 4.78 is 0. The number of carbonyl (C=O) groups excluding carboxylic acids is 1. The van der Waals surface area contributed by atoms with Gasteiger partial charge in [0.15, 0.2) is 0 Å². The number of benzene rings is 1. The van der Waals surface area contributed by atoms with Crippen LogP contribution in [0.1, 0.15) is 24.8 Å². The molecule has 0 spiro atoms. The van der Waals surface area contributed by atoms with Crippen molar-refractivity contribution in [1.82, 2.24) is 5.32 Å². The molecule has 4 heteroatoms. The third-order valence-electron chi connectivity index (χ3n) is 2.24. The number of rotatable bonds is 7. The van der Waals surface area contributed by atoms with Crippen LogP contribution in [0.25, 0.3) is 0 Å². The molecule has 3 N–H and O–H groups in total. The van der Waals surface area contributed by atoms with Crippen LogP contribution in [0.15, 0.2) is 24.3 Å². The number of hydrogen-bond acceptors (Lipinski definition) is 2. The Morgan fingerprint density at radius 3 is 2.88 bits per heavy atom. The Morgan fingerprint density at radius 2 is 2.19 bits per heavy atom. The Bertz CT molecular complexity index is 342. The molecular weight excluding hydrogens is 224 g/mol. The Kier molecular flexibility index (Phi) is 5.90. The number of hydrogen-bond donors (Lipinski definition) is 2. The zero-order chi connectivity index (χ0) is 11.8. The van der Waals surface area contributed by atoms with E-state index in [1.165, 1.54) is 5.56 Å². The van der Waals surface area contributed by atoms with E-state index in [4.69, 9.17) is 17.3 Å². The van der Waals surface area contributed by atoms with Crippen LogP contribution in [-0.2, 0) is 11.3 Å². The van der Waals surface area contributed by atoms with Gasteiger partial charge >= 0.3 is 0 Å². The fourth-order valence-corrected chi connectivity index (χ4v) is 1.64. The van der Waals surface area contributed by atoms with Crippen molar-refractivity contribution in [3.63, 3.8) is 0 Å². The zero-order valence-electron chi connectivity index (χ0n) is 9.21. The zero-order valence-corrected chi connectivity index (χ0v) is 9.96. The summed E-state index contributed by atoms with van der Waals surface area (Å²) >= 11 is 5.86. The van der Waals surface area contributed by atoms with E-state index in [1.54, 1.807) is 0 Å². The molecule has 16 heavy (non-hydrogen) atoms. The molecule has 1 aromatic rings. The summed E-state index contributed by atoms with van der Waals surface area (Å²) in [6.45, 7) is 1.69. The summed E-state index contributed by atoms with van der Waals surface area (Å²) in [5, 5.41) is 4.05. The summed E-state index contributed by atoms with van der Waals surface area (Å²) in [6, 6.07) is 7.77. The summed E-state index contributed by atoms with van der Waals surface area (Å²) in [4.78, 5) is 10.5. The van der Waals surface area contributed by atoms with Gasteiger partial charge in [0.1, 0.15) is 0 Å². The van der Waals surface area contributed by atoms with Gasteiger partial charge in [-0.2, -0.15) is 0 Å². The molecule has 0 atom stereocenters. The van der Waals surface area contributed by atoms with E-state index in [9.17, 15) is 4.79 Å². The van der Waals surface area contributed by atoms with Crippen molar-refractivity contribution in [2.75, 3.05) is 6.54 Å². The van der Waals surface area contributed by atoms with Gasteiger partial charge in [-0.25, -0.2) is 0 Å². The molecule has 0 aliphatic heterocycles. The lowest BCUT2D eigenvalue weighted by Crippen LogP contribution is -2.16. The average molecular weight is 241 g/mol. The molecule has 88 valence electrons. The van der Waals surface area contributed by atoms with Crippen LogP contribution in [0, 0.1) is 0 Å². The Hall–Kier alpha value is -1.06. The lowest BCUT2D eigenvalue weighted by Gasteiger charge is -2.04. The molecule has 0 heterocycles. The largest absolute Gasteiger partial charge is 0.370 e. The quantitative estimate of drug-likeness (QED) is 0.717. The lowest BCUT2D eigenvalue weighted by molar-refractivity contribution is -0.118. The molecule has 0 bridgehead atoms. The van der Waals surface area contributed by atoms with Crippen molar-refractivity contribution in [3.05, 3.63) is 34.9 Å². The second kappa shape index (κ2) is 7.25. The smallest absolute Gasteiger partial charge is 0.217 e. The average Bonchev–Trinajstić information content (AvgIpc) is 2.23. The van der Waals surface area contributed by atoms with E-state index in [1.807, 2.05) is 24.3 Å². The molecule has 0 saturated heterocycles. The van der Waals surface area contributed by atoms with Gasteiger partial charge in [0.2, 0.25) is 5.91 Å². The third-order valence-corrected chi connectivity index (χ3v) is 2.48. The Labute approximate surface area is 101 Å². The molecule has 0 saturated carbocycles. The summed E-state index contributed by atoms with van der Waals surface area (Å²) in [6.07, 6.45) is 2.28. The second-order valence-corrected chi connectivity index (χ2v) is 4.17. The van der Waals surface area contributed by atoms with Crippen LogP contribution in [0.3, 0.4) is 0 Å². The SMILES string of the molecule is NC(=O)CCCCNCc1cccc(Cl)c1. The minimum Gasteiger partial charge on any atom is -0.370 e. The molecule has 0 unspecified atom stereocenters. The highest BCUT2D eigenvalue weighted by Crippen LogP contribution is 2.10.